The Balaban J connectivity index is 1.71. The van der Waals surface area contributed by atoms with Crippen molar-refractivity contribution >= 4 is 17.2 Å². The quantitative estimate of drug-likeness (QED) is 0.705. The molecule has 7 heteroatoms. The minimum absolute atomic E-state index is 0.0194. The number of carbonyl (C=O) groups excluding carboxylic acids is 1. The van der Waals surface area contributed by atoms with Crippen molar-refractivity contribution in [2.45, 2.75) is 6.42 Å². The van der Waals surface area contributed by atoms with Gasteiger partial charge in [0.25, 0.3) is 5.91 Å². The van der Waals surface area contributed by atoms with Gasteiger partial charge < -0.3 is 10.6 Å². The van der Waals surface area contributed by atoms with Gasteiger partial charge in [0.15, 0.2) is 0 Å². The molecule has 0 unspecified atom stereocenters. The first-order chi connectivity index (χ1) is 12.2. The van der Waals surface area contributed by atoms with Gasteiger partial charge in [-0.3, -0.25) is 9.48 Å². The summed E-state index contributed by atoms with van der Waals surface area (Å²) in [6.07, 6.45) is 6.09. The molecule has 6 nitrogen and oxygen atoms in total. The van der Waals surface area contributed by atoms with Crippen molar-refractivity contribution in [3.63, 3.8) is 0 Å². The lowest BCUT2D eigenvalue weighted by atomic mass is 10.1. The van der Waals surface area contributed by atoms with Gasteiger partial charge in [-0.15, -0.1) is 11.3 Å². The molecule has 3 rings (SSSR count). The predicted molar refractivity (Wildman–Crippen MR) is 99.4 cm³/mol. The first kappa shape index (κ1) is 17.3. The van der Waals surface area contributed by atoms with Crippen LogP contribution in [0.5, 0.6) is 0 Å². The number of benzene rings is 1. The second-order valence-electron chi connectivity index (χ2n) is 5.75. The number of hydrogen-bond donors (Lipinski definition) is 1. The Kier molecular flexibility index (Phi) is 5.57. The van der Waals surface area contributed by atoms with E-state index in [1.165, 1.54) is 16.9 Å². The predicted octanol–water partition coefficient (Wildman–Crippen LogP) is 2.19. The van der Waals surface area contributed by atoms with Crippen LogP contribution >= 0.6 is 11.3 Å². The van der Waals surface area contributed by atoms with Crippen molar-refractivity contribution in [3.8, 4) is 10.6 Å². The van der Waals surface area contributed by atoms with Crippen LogP contribution in [-0.4, -0.2) is 45.2 Å². The third-order valence-corrected chi connectivity index (χ3v) is 4.90. The van der Waals surface area contributed by atoms with Crippen molar-refractivity contribution in [2.75, 3.05) is 19.6 Å². The van der Waals surface area contributed by atoms with Crippen LogP contribution in [0.15, 0.2) is 48.9 Å². The van der Waals surface area contributed by atoms with Crippen molar-refractivity contribution in [1.29, 1.82) is 0 Å². The fourth-order valence-corrected chi connectivity index (χ4v) is 3.43. The first-order valence-corrected chi connectivity index (χ1v) is 8.97. The lowest BCUT2D eigenvalue weighted by molar-refractivity contribution is 0.0766. The molecule has 1 amide bonds. The van der Waals surface area contributed by atoms with Gasteiger partial charge in [-0.2, -0.15) is 5.10 Å². The molecule has 0 saturated carbocycles. The summed E-state index contributed by atoms with van der Waals surface area (Å²) in [5.41, 5.74) is 7.82. The highest BCUT2D eigenvalue weighted by atomic mass is 32.1. The number of carbonyl (C=O) groups is 1. The molecule has 0 fully saturated rings. The molecule has 0 radical (unpaired) electrons. The Morgan fingerprint density at radius 1 is 1.24 bits per heavy atom. The summed E-state index contributed by atoms with van der Waals surface area (Å²) in [4.78, 5) is 19.6. The Morgan fingerprint density at radius 2 is 2.04 bits per heavy atom. The average molecular weight is 355 g/mol. The minimum Gasteiger partial charge on any atom is -0.336 e. The van der Waals surface area contributed by atoms with Crippen LogP contribution in [0.1, 0.15) is 15.2 Å². The number of aryl methyl sites for hydroxylation is 1. The summed E-state index contributed by atoms with van der Waals surface area (Å²) in [6.45, 7) is 1.61. The summed E-state index contributed by atoms with van der Waals surface area (Å²) < 4.78 is 1.72. The number of thiazole rings is 1. The van der Waals surface area contributed by atoms with Gasteiger partial charge in [-0.25, -0.2) is 4.98 Å². The average Bonchev–Trinajstić information content (AvgIpc) is 3.28. The van der Waals surface area contributed by atoms with Gasteiger partial charge in [0.2, 0.25) is 0 Å². The number of hydrogen-bond acceptors (Lipinski definition) is 5. The van der Waals surface area contributed by atoms with E-state index in [0.29, 0.717) is 24.5 Å². The molecule has 0 aliphatic carbocycles. The molecular formula is C18H21N5OS. The Bertz CT molecular complexity index is 827. The fourth-order valence-electron chi connectivity index (χ4n) is 2.57. The summed E-state index contributed by atoms with van der Waals surface area (Å²) in [7, 11) is 1.86. The molecule has 3 aromatic rings. The molecule has 25 heavy (non-hydrogen) atoms. The van der Waals surface area contributed by atoms with Crippen LogP contribution in [0.3, 0.4) is 0 Å². The standard InChI is InChI=1S/C18H21N5OS/c1-22-13-15(11-21-22)17-20-12-16(25-17)18(24)23(10-8-19)9-7-14-5-3-2-4-6-14/h2-6,11-13H,7-10,19H2,1H3. The summed E-state index contributed by atoms with van der Waals surface area (Å²) in [5, 5.41) is 4.94. The SMILES string of the molecule is Cn1cc(-c2ncc(C(=O)N(CCN)CCc3ccccc3)s2)cn1. The molecule has 130 valence electrons. The summed E-state index contributed by atoms with van der Waals surface area (Å²) >= 11 is 1.39. The number of aromatic nitrogens is 3. The zero-order chi connectivity index (χ0) is 17.6. The van der Waals surface area contributed by atoms with E-state index in [4.69, 9.17) is 5.73 Å². The maximum Gasteiger partial charge on any atom is 0.265 e. The topological polar surface area (TPSA) is 77.0 Å². The van der Waals surface area contributed by atoms with Gasteiger partial charge in [-0.1, -0.05) is 30.3 Å². The third-order valence-electron chi connectivity index (χ3n) is 3.87. The van der Waals surface area contributed by atoms with E-state index in [2.05, 4.69) is 22.2 Å². The van der Waals surface area contributed by atoms with Crippen LogP contribution in [-0.2, 0) is 13.5 Å². The van der Waals surface area contributed by atoms with Crippen molar-refractivity contribution in [1.82, 2.24) is 19.7 Å². The van der Waals surface area contributed by atoms with E-state index in [9.17, 15) is 4.79 Å². The molecule has 0 aliphatic heterocycles. The van der Waals surface area contributed by atoms with Gasteiger partial charge in [0.05, 0.1) is 12.4 Å². The van der Waals surface area contributed by atoms with Gasteiger partial charge >= 0.3 is 0 Å². The highest BCUT2D eigenvalue weighted by Crippen LogP contribution is 2.25. The Morgan fingerprint density at radius 3 is 2.72 bits per heavy atom. The highest BCUT2D eigenvalue weighted by molar-refractivity contribution is 7.16. The molecule has 1 aromatic carbocycles. The molecule has 0 bridgehead atoms. The van der Waals surface area contributed by atoms with Crippen LogP contribution in [0, 0.1) is 0 Å². The maximum atomic E-state index is 12.8. The fraction of sp³-hybridized carbons (Fsp3) is 0.278. The van der Waals surface area contributed by atoms with Crippen molar-refractivity contribution in [2.24, 2.45) is 12.8 Å². The van der Waals surface area contributed by atoms with E-state index in [0.717, 1.165) is 17.0 Å². The lowest BCUT2D eigenvalue weighted by Gasteiger charge is -2.21. The van der Waals surface area contributed by atoms with E-state index in [1.807, 2.05) is 31.4 Å². The molecule has 2 heterocycles. The number of nitrogens with zero attached hydrogens (tertiary/aromatic N) is 4. The van der Waals surface area contributed by atoms with E-state index < -0.39 is 0 Å². The first-order valence-electron chi connectivity index (χ1n) is 8.15. The van der Waals surface area contributed by atoms with Gasteiger partial charge in [-0.05, 0) is 12.0 Å². The zero-order valence-corrected chi connectivity index (χ0v) is 14.9. The number of nitrogens with two attached hydrogens (primary N) is 1. The Labute approximate surface area is 150 Å². The summed E-state index contributed by atoms with van der Waals surface area (Å²) in [5.74, 6) is -0.0194. The lowest BCUT2D eigenvalue weighted by Crippen LogP contribution is -2.36. The molecule has 0 spiro atoms. The van der Waals surface area contributed by atoms with Crippen LogP contribution < -0.4 is 5.73 Å². The third kappa shape index (κ3) is 4.32. The molecule has 2 aromatic heterocycles. The Hall–Kier alpha value is -2.51. The van der Waals surface area contributed by atoms with Crippen LogP contribution in [0.25, 0.3) is 10.6 Å². The van der Waals surface area contributed by atoms with Gasteiger partial charge in [0, 0.05) is 38.4 Å². The van der Waals surface area contributed by atoms with E-state index >= 15 is 0 Å². The van der Waals surface area contributed by atoms with E-state index in [-0.39, 0.29) is 5.91 Å². The zero-order valence-electron chi connectivity index (χ0n) is 14.1. The smallest absolute Gasteiger partial charge is 0.265 e. The van der Waals surface area contributed by atoms with Gasteiger partial charge in [0.1, 0.15) is 9.88 Å². The number of rotatable bonds is 7. The number of amides is 1. The molecule has 0 atom stereocenters. The van der Waals surface area contributed by atoms with Crippen LogP contribution in [0.4, 0.5) is 0 Å². The molecular weight excluding hydrogens is 334 g/mol. The highest BCUT2D eigenvalue weighted by Gasteiger charge is 2.19. The monoisotopic (exact) mass is 355 g/mol. The molecule has 0 aliphatic rings. The van der Waals surface area contributed by atoms with Crippen molar-refractivity contribution < 1.29 is 4.79 Å². The summed E-state index contributed by atoms with van der Waals surface area (Å²) in [6, 6.07) is 10.1. The van der Waals surface area contributed by atoms with Crippen molar-refractivity contribution in [3.05, 3.63) is 59.4 Å². The second kappa shape index (κ2) is 8.04. The largest absolute Gasteiger partial charge is 0.336 e. The molecule has 2 N–H and O–H groups in total. The van der Waals surface area contributed by atoms with E-state index in [1.54, 1.807) is 22.0 Å². The normalized spacial score (nSPS) is 10.8. The molecule has 0 saturated heterocycles. The van der Waals surface area contributed by atoms with Crippen LogP contribution in [0.2, 0.25) is 0 Å². The minimum atomic E-state index is -0.0194. The maximum absolute atomic E-state index is 12.8. The second-order valence-corrected chi connectivity index (χ2v) is 6.78.